The third kappa shape index (κ3) is 7.39. The molecule has 1 fully saturated rings. The van der Waals surface area contributed by atoms with Crippen LogP contribution in [0.2, 0.25) is 0 Å². The number of nitriles is 1. The maximum absolute atomic E-state index is 15.7. The lowest BCUT2D eigenvalue weighted by atomic mass is 9.93. The molecule has 5 rings (SSSR count). The number of ether oxygens (including phenoxy) is 2. The van der Waals surface area contributed by atoms with E-state index in [1.165, 1.54) is 50.3 Å². The normalized spacial score (nSPS) is 13.5. The van der Waals surface area contributed by atoms with Gasteiger partial charge in [0, 0.05) is 30.1 Å². The Labute approximate surface area is 258 Å². The van der Waals surface area contributed by atoms with Gasteiger partial charge in [-0.05, 0) is 104 Å². The van der Waals surface area contributed by atoms with Crippen LogP contribution in [0.15, 0.2) is 73.1 Å². The van der Waals surface area contributed by atoms with Crippen molar-refractivity contribution >= 4 is 18.2 Å². The fraction of sp³-hybridized carbons (Fsp3) is 0.270. The van der Waals surface area contributed by atoms with Crippen molar-refractivity contribution < 1.29 is 18.7 Å². The van der Waals surface area contributed by atoms with Crippen molar-refractivity contribution in [1.29, 1.82) is 5.26 Å². The molecule has 6 nitrogen and oxygen atoms in total. The summed E-state index contributed by atoms with van der Waals surface area (Å²) in [5, 5.41) is 9.11. The Morgan fingerprint density at radius 2 is 1.73 bits per heavy atom. The topological polar surface area (TPSA) is 75.4 Å². The number of carbonyl (C=O) groups is 1. The van der Waals surface area contributed by atoms with Crippen molar-refractivity contribution in [2.24, 2.45) is 0 Å². The molecule has 0 bridgehead atoms. The number of aromatic nitrogens is 1. The number of likely N-dealkylation sites (tertiary alicyclic amines) is 1. The number of nitrogens with zero attached hydrogens (tertiary/aromatic N) is 3. The van der Waals surface area contributed by atoms with Crippen LogP contribution in [0.5, 0.6) is 11.5 Å². The second-order valence-electron chi connectivity index (χ2n) is 11.0. The molecule has 7 heteroatoms. The summed E-state index contributed by atoms with van der Waals surface area (Å²) in [5.74, 6) is 0.669. The van der Waals surface area contributed by atoms with E-state index >= 15 is 4.39 Å². The van der Waals surface area contributed by atoms with Crippen molar-refractivity contribution in [1.82, 2.24) is 9.88 Å². The second-order valence-corrected chi connectivity index (χ2v) is 11.0. The predicted molar refractivity (Wildman–Crippen MR) is 171 cm³/mol. The zero-order chi connectivity index (χ0) is 30.9. The number of benzene rings is 3. The average molecular weight is 590 g/mol. The van der Waals surface area contributed by atoms with Gasteiger partial charge in [-0.1, -0.05) is 36.4 Å². The van der Waals surface area contributed by atoms with Crippen LogP contribution in [-0.2, 0) is 6.61 Å². The number of aldehydes is 1. The summed E-state index contributed by atoms with van der Waals surface area (Å²) in [5.41, 5.74) is 6.49. The van der Waals surface area contributed by atoms with Crippen LogP contribution in [0, 0.1) is 25.2 Å². The molecule has 0 unspecified atom stereocenters. The zero-order valence-corrected chi connectivity index (χ0v) is 25.2. The minimum absolute atomic E-state index is 0.0832. The molecule has 1 aliphatic heterocycles. The number of hydrogen-bond donors (Lipinski definition) is 0. The third-order valence-electron chi connectivity index (χ3n) is 8.04. The van der Waals surface area contributed by atoms with E-state index in [1.54, 1.807) is 18.3 Å². The standard InChI is InChI=1S/C37H36FN3O3/c1-26-30(8-5-9-33(26)34-10-6-11-36(27(34)2)43-17-7-16-41-14-3-4-15-41)19-35(38)31-12-13-32(24-42)37(20-31)44-25-29-18-28(21-39)22-40-23-29/h5-6,8-13,18-20,22-24H,3-4,7,14-17,25H2,1-2H3/b35-19-. The molecular weight excluding hydrogens is 553 g/mol. The molecule has 4 aromatic rings. The highest BCUT2D eigenvalue weighted by Gasteiger charge is 2.14. The van der Waals surface area contributed by atoms with Crippen molar-refractivity contribution in [3.63, 3.8) is 0 Å². The number of halogens is 1. The van der Waals surface area contributed by atoms with Crippen LogP contribution < -0.4 is 9.47 Å². The van der Waals surface area contributed by atoms with Crippen molar-refractivity contribution in [3.05, 3.63) is 112 Å². The van der Waals surface area contributed by atoms with E-state index in [4.69, 9.17) is 14.7 Å². The highest BCUT2D eigenvalue weighted by atomic mass is 19.1. The van der Waals surface area contributed by atoms with E-state index in [1.807, 2.05) is 43.3 Å². The fourth-order valence-electron chi connectivity index (χ4n) is 5.55. The van der Waals surface area contributed by atoms with E-state index in [2.05, 4.69) is 22.9 Å². The lowest BCUT2D eigenvalue weighted by Gasteiger charge is -2.17. The van der Waals surface area contributed by atoms with Gasteiger partial charge in [-0.3, -0.25) is 9.78 Å². The molecule has 0 spiro atoms. The number of rotatable bonds is 12. The van der Waals surface area contributed by atoms with Crippen LogP contribution in [0.25, 0.3) is 23.0 Å². The fourth-order valence-corrected chi connectivity index (χ4v) is 5.55. The Hall–Kier alpha value is -4.80. The molecule has 44 heavy (non-hydrogen) atoms. The number of carbonyl (C=O) groups excluding carboxylic acids is 1. The number of hydrogen-bond acceptors (Lipinski definition) is 6. The molecule has 0 amide bonds. The van der Waals surface area contributed by atoms with Gasteiger partial charge in [0.1, 0.15) is 30.0 Å². The molecule has 1 aromatic heterocycles. The van der Waals surface area contributed by atoms with Crippen LogP contribution >= 0.6 is 0 Å². The molecule has 0 aliphatic carbocycles. The molecule has 0 atom stereocenters. The Kier molecular flexibility index (Phi) is 10.2. The molecule has 0 radical (unpaired) electrons. The molecule has 224 valence electrons. The van der Waals surface area contributed by atoms with E-state index in [-0.39, 0.29) is 12.4 Å². The van der Waals surface area contributed by atoms with Gasteiger partial charge in [0.05, 0.1) is 17.7 Å². The molecule has 1 saturated heterocycles. The molecule has 0 N–H and O–H groups in total. The van der Waals surface area contributed by atoms with Gasteiger partial charge in [0.15, 0.2) is 6.29 Å². The zero-order valence-electron chi connectivity index (χ0n) is 25.2. The van der Waals surface area contributed by atoms with Gasteiger partial charge in [-0.25, -0.2) is 4.39 Å². The Bertz CT molecular complexity index is 1700. The van der Waals surface area contributed by atoms with E-state index in [0.717, 1.165) is 46.5 Å². The summed E-state index contributed by atoms with van der Waals surface area (Å²) in [4.78, 5) is 18.2. The van der Waals surface area contributed by atoms with Gasteiger partial charge in [0.25, 0.3) is 0 Å². The van der Waals surface area contributed by atoms with Crippen molar-refractivity contribution in [3.8, 4) is 28.7 Å². The highest BCUT2D eigenvalue weighted by Crippen LogP contribution is 2.35. The lowest BCUT2D eigenvalue weighted by molar-refractivity contribution is 0.111. The SMILES string of the molecule is Cc1c(/C=C(\F)c2ccc(C=O)c(OCc3cncc(C#N)c3)c2)cccc1-c1cccc(OCCCN2CCCC2)c1C. The molecular formula is C37H36FN3O3. The minimum Gasteiger partial charge on any atom is -0.493 e. The summed E-state index contributed by atoms with van der Waals surface area (Å²) in [6.07, 6.45) is 8.80. The number of pyridine rings is 1. The van der Waals surface area contributed by atoms with E-state index < -0.39 is 5.83 Å². The summed E-state index contributed by atoms with van der Waals surface area (Å²) >= 11 is 0. The summed E-state index contributed by atoms with van der Waals surface area (Å²) in [7, 11) is 0. The van der Waals surface area contributed by atoms with E-state index in [0.29, 0.717) is 35.1 Å². The van der Waals surface area contributed by atoms with Crippen LogP contribution in [0.1, 0.15) is 63.0 Å². The van der Waals surface area contributed by atoms with E-state index in [9.17, 15) is 4.79 Å². The lowest BCUT2D eigenvalue weighted by Crippen LogP contribution is -2.22. The largest absolute Gasteiger partial charge is 0.493 e. The molecule has 0 saturated carbocycles. The van der Waals surface area contributed by atoms with Crippen LogP contribution in [0.3, 0.4) is 0 Å². The van der Waals surface area contributed by atoms with Crippen molar-refractivity contribution in [2.75, 3.05) is 26.2 Å². The first-order valence-corrected chi connectivity index (χ1v) is 14.9. The van der Waals surface area contributed by atoms with Gasteiger partial charge in [-0.15, -0.1) is 0 Å². The average Bonchev–Trinajstić information content (AvgIpc) is 3.57. The Morgan fingerprint density at radius 1 is 0.955 bits per heavy atom. The summed E-state index contributed by atoms with van der Waals surface area (Å²) in [6, 6.07) is 20.3. The molecule has 2 heterocycles. The van der Waals surface area contributed by atoms with Crippen LogP contribution in [0.4, 0.5) is 4.39 Å². The third-order valence-corrected chi connectivity index (χ3v) is 8.04. The minimum atomic E-state index is -0.451. The van der Waals surface area contributed by atoms with Gasteiger partial charge >= 0.3 is 0 Å². The molecule has 3 aromatic carbocycles. The first kappa shape index (κ1) is 30.7. The van der Waals surface area contributed by atoms with Gasteiger partial charge in [0.2, 0.25) is 0 Å². The Morgan fingerprint density at radius 3 is 2.50 bits per heavy atom. The van der Waals surface area contributed by atoms with Crippen molar-refractivity contribution in [2.45, 2.75) is 39.7 Å². The monoisotopic (exact) mass is 589 g/mol. The highest BCUT2D eigenvalue weighted by molar-refractivity contribution is 5.85. The second kappa shape index (κ2) is 14.6. The Balaban J connectivity index is 1.33. The summed E-state index contributed by atoms with van der Waals surface area (Å²) < 4.78 is 27.7. The maximum atomic E-state index is 15.7. The quantitative estimate of drug-likeness (QED) is 0.0948. The van der Waals surface area contributed by atoms with Crippen LogP contribution in [-0.4, -0.2) is 42.4 Å². The summed E-state index contributed by atoms with van der Waals surface area (Å²) in [6.45, 7) is 8.26. The maximum Gasteiger partial charge on any atom is 0.153 e. The first-order chi connectivity index (χ1) is 21.5. The van der Waals surface area contributed by atoms with Gasteiger partial charge < -0.3 is 14.4 Å². The molecule has 1 aliphatic rings. The van der Waals surface area contributed by atoms with Gasteiger partial charge in [-0.2, -0.15) is 5.26 Å². The smallest absolute Gasteiger partial charge is 0.153 e. The first-order valence-electron chi connectivity index (χ1n) is 14.9. The predicted octanol–water partition coefficient (Wildman–Crippen LogP) is 7.96.